The van der Waals surface area contributed by atoms with Gasteiger partial charge in [-0.2, -0.15) is 0 Å². The number of nitrogens with one attached hydrogen (secondary N) is 2. The summed E-state index contributed by atoms with van der Waals surface area (Å²) in [6, 6.07) is 11.3. The molecule has 3 N–H and O–H groups in total. The average molecular weight is 341 g/mol. The van der Waals surface area contributed by atoms with E-state index in [1.807, 2.05) is 0 Å². The lowest BCUT2D eigenvalue weighted by Gasteiger charge is -2.12. The maximum absolute atomic E-state index is 10.9. The summed E-state index contributed by atoms with van der Waals surface area (Å²) in [4.78, 5) is 10.9. The number of rotatable bonds is 3. The zero-order valence-corrected chi connectivity index (χ0v) is 12.9. The van der Waals surface area contributed by atoms with Crippen LogP contribution >= 0.6 is 35.4 Å². The van der Waals surface area contributed by atoms with Gasteiger partial charge < -0.3 is 15.7 Å². The fourth-order valence-electron chi connectivity index (χ4n) is 1.61. The molecule has 0 aliphatic carbocycles. The maximum Gasteiger partial charge on any atom is 0.335 e. The zero-order valence-electron chi connectivity index (χ0n) is 10.6. The van der Waals surface area contributed by atoms with Crippen LogP contribution < -0.4 is 10.6 Å². The minimum Gasteiger partial charge on any atom is -0.478 e. The standard InChI is InChI=1S/C14H10Cl2N2O2S/c15-9-4-5-12(11(16)7-9)18-14(21)17-10-3-1-2-8(6-10)13(19)20/h1-7H,(H,19,20)(H2,17,18,21). The Balaban J connectivity index is 2.08. The van der Waals surface area contributed by atoms with Crippen molar-refractivity contribution in [2.45, 2.75) is 0 Å². The van der Waals surface area contributed by atoms with Gasteiger partial charge in [-0.15, -0.1) is 0 Å². The van der Waals surface area contributed by atoms with Gasteiger partial charge in [-0.25, -0.2) is 4.79 Å². The molecule has 2 aromatic rings. The fraction of sp³-hybridized carbons (Fsp3) is 0. The van der Waals surface area contributed by atoms with E-state index in [4.69, 9.17) is 40.5 Å². The van der Waals surface area contributed by atoms with Crippen LogP contribution in [0, 0.1) is 0 Å². The number of carboxylic acids is 1. The smallest absolute Gasteiger partial charge is 0.335 e. The first-order valence-electron chi connectivity index (χ1n) is 5.82. The van der Waals surface area contributed by atoms with Gasteiger partial charge in [0.1, 0.15) is 0 Å². The van der Waals surface area contributed by atoms with Crippen molar-refractivity contribution in [3.63, 3.8) is 0 Å². The summed E-state index contributed by atoms with van der Waals surface area (Å²) >= 11 is 17.0. The van der Waals surface area contributed by atoms with Gasteiger partial charge in [0.05, 0.1) is 16.3 Å². The first-order chi connectivity index (χ1) is 9.95. The van der Waals surface area contributed by atoms with Gasteiger partial charge in [-0.05, 0) is 48.6 Å². The van der Waals surface area contributed by atoms with Crippen molar-refractivity contribution in [2.75, 3.05) is 10.6 Å². The topological polar surface area (TPSA) is 61.4 Å². The lowest BCUT2D eigenvalue weighted by atomic mass is 10.2. The molecule has 0 amide bonds. The molecule has 2 rings (SSSR count). The molecule has 0 aromatic heterocycles. The van der Waals surface area contributed by atoms with Crippen LogP contribution in [0.2, 0.25) is 10.0 Å². The molecule has 0 aliphatic heterocycles. The Kier molecular flexibility index (Phi) is 5.01. The third-order valence-corrected chi connectivity index (χ3v) is 3.30. The first kappa shape index (κ1) is 15.6. The molecule has 7 heteroatoms. The third-order valence-electron chi connectivity index (χ3n) is 2.55. The molecule has 0 radical (unpaired) electrons. The Labute approximate surface area is 136 Å². The van der Waals surface area contributed by atoms with Crippen LogP contribution in [0.1, 0.15) is 10.4 Å². The molecule has 0 heterocycles. The molecule has 0 fully saturated rings. The van der Waals surface area contributed by atoms with Gasteiger partial charge in [-0.3, -0.25) is 0 Å². The van der Waals surface area contributed by atoms with Crippen LogP contribution in [-0.2, 0) is 0 Å². The lowest BCUT2D eigenvalue weighted by Crippen LogP contribution is -2.19. The first-order valence-corrected chi connectivity index (χ1v) is 6.98. The van der Waals surface area contributed by atoms with Crippen molar-refractivity contribution in [3.8, 4) is 0 Å². The number of hydrogen-bond donors (Lipinski definition) is 3. The highest BCUT2D eigenvalue weighted by molar-refractivity contribution is 7.80. The van der Waals surface area contributed by atoms with Crippen molar-refractivity contribution < 1.29 is 9.90 Å². The predicted octanol–water partition coefficient (Wildman–Crippen LogP) is 4.50. The Hall–Kier alpha value is -1.82. The number of hydrogen-bond acceptors (Lipinski definition) is 2. The molecule has 0 aliphatic rings. The highest BCUT2D eigenvalue weighted by atomic mass is 35.5. The summed E-state index contributed by atoms with van der Waals surface area (Å²) in [5.41, 5.74) is 1.35. The highest BCUT2D eigenvalue weighted by Gasteiger charge is 2.06. The summed E-state index contributed by atoms with van der Waals surface area (Å²) in [6.45, 7) is 0. The van der Waals surface area contributed by atoms with E-state index in [0.29, 0.717) is 26.5 Å². The van der Waals surface area contributed by atoms with Crippen LogP contribution in [0.25, 0.3) is 0 Å². The SMILES string of the molecule is O=C(O)c1cccc(NC(=S)Nc2ccc(Cl)cc2Cl)c1. The molecule has 0 atom stereocenters. The molecular weight excluding hydrogens is 331 g/mol. The molecule has 4 nitrogen and oxygen atoms in total. The number of halogens is 2. The van der Waals surface area contributed by atoms with Gasteiger partial charge in [0.2, 0.25) is 0 Å². The highest BCUT2D eigenvalue weighted by Crippen LogP contribution is 2.25. The summed E-state index contributed by atoms with van der Waals surface area (Å²) in [5, 5.41) is 16.0. The average Bonchev–Trinajstić information content (AvgIpc) is 2.42. The molecule has 0 saturated heterocycles. The number of benzene rings is 2. The minimum atomic E-state index is -1.00. The second-order valence-electron chi connectivity index (χ2n) is 4.09. The van der Waals surface area contributed by atoms with E-state index in [0.717, 1.165) is 0 Å². The lowest BCUT2D eigenvalue weighted by molar-refractivity contribution is 0.0697. The number of aromatic carboxylic acids is 1. The summed E-state index contributed by atoms with van der Waals surface area (Å²) in [7, 11) is 0. The summed E-state index contributed by atoms with van der Waals surface area (Å²) < 4.78 is 0. The fourth-order valence-corrected chi connectivity index (χ4v) is 2.29. The molecule has 0 unspecified atom stereocenters. The van der Waals surface area contributed by atoms with Crippen LogP contribution in [0.3, 0.4) is 0 Å². The van der Waals surface area contributed by atoms with Crippen molar-refractivity contribution in [2.24, 2.45) is 0 Å². The van der Waals surface area contributed by atoms with E-state index >= 15 is 0 Å². The molecule has 0 saturated carbocycles. The number of carbonyl (C=O) groups is 1. The number of thiocarbonyl (C=S) groups is 1. The minimum absolute atomic E-state index is 0.173. The van der Waals surface area contributed by atoms with E-state index in [2.05, 4.69) is 10.6 Å². The second-order valence-corrected chi connectivity index (χ2v) is 5.34. The zero-order chi connectivity index (χ0) is 15.4. The van der Waals surface area contributed by atoms with Crippen LogP contribution in [0.5, 0.6) is 0 Å². The molecule has 2 aromatic carbocycles. The summed E-state index contributed by atoms with van der Waals surface area (Å²) in [6.07, 6.45) is 0. The number of carboxylic acid groups (broad SMARTS) is 1. The van der Waals surface area contributed by atoms with E-state index in [-0.39, 0.29) is 5.56 Å². The van der Waals surface area contributed by atoms with Crippen molar-refractivity contribution in [3.05, 3.63) is 58.1 Å². The van der Waals surface area contributed by atoms with Crippen molar-refractivity contribution in [1.29, 1.82) is 0 Å². The predicted molar refractivity (Wildman–Crippen MR) is 89.7 cm³/mol. The molecule has 108 valence electrons. The van der Waals surface area contributed by atoms with Crippen molar-refractivity contribution >= 4 is 57.9 Å². The van der Waals surface area contributed by atoms with Gasteiger partial charge >= 0.3 is 5.97 Å². The summed E-state index contributed by atoms with van der Waals surface area (Å²) in [5.74, 6) is -1.00. The Morgan fingerprint density at radius 3 is 2.52 bits per heavy atom. The van der Waals surface area contributed by atoms with Gasteiger partial charge in [0.25, 0.3) is 0 Å². The van der Waals surface area contributed by atoms with Gasteiger partial charge in [0, 0.05) is 10.7 Å². The van der Waals surface area contributed by atoms with Gasteiger partial charge in [0.15, 0.2) is 5.11 Å². The van der Waals surface area contributed by atoms with E-state index < -0.39 is 5.97 Å². The van der Waals surface area contributed by atoms with Crippen LogP contribution in [-0.4, -0.2) is 16.2 Å². The third kappa shape index (κ3) is 4.32. The monoisotopic (exact) mass is 340 g/mol. The Morgan fingerprint density at radius 1 is 1.10 bits per heavy atom. The van der Waals surface area contributed by atoms with Crippen LogP contribution in [0.15, 0.2) is 42.5 Å². The van der Waals surface area contributed by atoms with E-state index in [1.54, 1.807) is 30.3 Å². The van der Waals surface area contributed by atoms with Crippen LogP contribution in [0.4, 0.5) is 11.4 Å². The van der Waals surface area contributed by atoms with Gasteiger partial charge in [-0.1, -0.05) is 29.3 Å². The molecule has 0 spiro atoms. The Morgan fingerprint density at radius 2 is 1.86 bits per heavy atom. The largest absolute Gasteiger partial charge is 0.478 e. The van der Waals surface area contributed by atoms with Crippen molar-refractivity contribution in [1.82, 2.24) is 0 Å². The quantitative estimate of drug-likeness (QED) is 0.718. The number of anilines is 2. The van der Waals surface area contributed by atoms with E-state index in [9.17, 15) is 4.79 Å². The molecular formula is C14H10Cl2N2O2S. The van der Waals surface area contributed by atoms with E-state index in [1.165, 1.54) is 12.1 Å². The maximum atomic E-state index is 10.9. The Bertz CT molecular complexity index is 707. The molecule has 0 bridgehead atoms. The molecule has 21 heavy (non-hydrogen) atoms. The normalized spacial score (nSPS) is 10.0. The second kappa shape index (κ2) is 6.76.